The number of ether oxygens (including phenoxy) is 2. The van der Waals surface area contributed by atoms with Crippen molar-refractivity contribution in [2.75, 3.05) is 13.4 Å². The maximum atomic E-state index is 11.8. The summed E-state index contributed by atoms with van der Waals surface area (Å²) in [6, 6.07) is 4.87. The number of halogens is 4. The summed E-state index contributed by atoms with van der Waals surface area (Å²) in [6.45, 7) is -0.368. The van der Waals surface area contributed by atoms with Gasteiger partial charge < -0.3 is 14.6 Å². The van der Waals surface area contributed by atoms with E-state index < -0.39 is 25.7 Å². The van der Waals surface area contributed by atoms with Crippen molar-refractivity contribution in [3.05, 3.63) is 28.2 Å². The molecule has 0 radical (unpaired) electrons. The summed E-state index contributed by atoms with van der Waals surface area (Å²) in [6.07, 6.45) is -5.16. The molecular weight excluding hydrogens is 317 g/mol. The van der Waals surface area contributed by atoms with Gasteiger partial charge in [0.05, 0.1) is 6.10 Å². The van der Waals surface area contributed by atoms with Crippen LogP contribution in [-0.2, 0) is 4.74 Å². The maximum absolute atomic E-state index is 11.8. The second kappa shape index (κ2) is 6.40. The maximum Gasteiger partial charge on any atom is 0.411 e. The zero-order chi connectivity index (χ0) is 13.8. The Morgan fingerprint density at radius 3 is 2.61 bits per heavy atom. The molecule has 0 aliphatic carbocycles. The van der Waals surface area contributed by atoms with E-state index in [1.807, 2.05) is 0 Å². The molecule has 1 aromatic rings. The molecule has 102 valence electrons. The van der Waals surface area contributed by atoms with Gasteiger partial charge in [-0.2, -0.15) is 13.2 Å². The molecule has 0 bridgehead atoms. The molecule has 1 aromatic carbocycles. The van der Waals surface area contributed by atoms with Gasteiger partial charge in [0.1, 0.15) is 12.4 Å². The Morgan fingerprint density at radius 1 is 1.39 bits per heavy atom. The van der Waals surface area contributed by atoms with E-state index >= 15 is 0 Å². The van der Waals surface area contributed by atoms with Crippen molar-refractivity contribution >= 4 is 15.9 Å². The van der Waals surface area contributed by atoms with Crippen molar-refractivity contribution in [2.45, 2.75) is 19.2 Å². The van der Waals surface area contributed by atoms with Gasteiger partial charge in [0.2, 0.25) is 0 Å². The molecular formula is C11H12BrF3O3. The monoisotopic (exact) mass is 328 g/mol. The van der Waals surface area contributed by atoms with E-state index in [0.29, 0.717) is 10.0 Å². The van der Waals surface area contributed by atoms with Gasteiger partial charge in [-0.1, -0.05) is 22.0 Å². The molecule has 0 unspecified atom stereocenters. The molecule has 7 heteroatoms. The van der Waals surface area contributed by atoms with Crippen LogP contribution in [0.4, 0.5) is 13.2 Å². The summed E-state index contributed by atoms with van der Waals surface area (Å²) < 4.78 is 45.6. The number of aliphatic hydroxyl groups excluding tert-OH is 1. The first-order valence-corrected chi connectivity index (χ1v) is 5.83. The molecule has 0 spiro atoms. The van der Waals surface area contributed by atoms with Crippen molar-refractivity contribution in [3.8, 4) is 5.75 Å². The Hall–Kier alpha value is -0.790. The Kier molecular flexibility index (Phi) is 5.43. The summed E-state index contributed by atoms with van der Waals surface area (Å²) in [7, 11) is 0. The van der Waals surface area contributed by atoms with E-state index in [9.17, 15) is 18.3 Å². The zero-order valence-electron chi connectivity index (χ0n) is 9.50. The SMILES string of the molecule is C[C@@H](O)c1ccc(Br)cc1OCOCC(F)(F)F. The third-order valence-electron chi connectivity index (χ3n) is 1.99. The first-order chi connectivity index (χ1) is 8.29. The first kappa shape index (κ1) is 15.3. The fourth-order valence-corrected chi connectivity index (χ4v) is 1.58. The van der Waals surface area contributed by atoms with E-state index in [4.69, 9.17) is 4.74 Å². The van der Waals surface area contributed by atoms with Crippen LogP contribution in [0.1, 0.15) is 18.6 Å². The van der Waals surface area contributed by atoms with Crippen LogP contribution in [0.2, 0.25) is 0 Å². The van der Waals surface area contributed by atoms with Crippen LogP contribution in [-0.4, -0.2) is 24.7 Å². The lowest BCUT2D eigenvalue weighted by Gasteiger charge is -2.14. The van der Waals surface area contributed by atoms with Gasteiger partial charge in [-0.15, -0.1) is 0 Å². The third kappa shape index (κ3) is 5.24. The van der Waals surface area contributed by atoms with Gasteiger partial charge in [0.15, 0.2) is 6.79 Å². The highest BCUT2D eigenvalue weighted by Crippen LogP contribution is 2.28. The molecule has 0 aromatic heterocycles. The van der Waals surface area contributed by atoms with E-state index in [2.05, 4.69) is 20.7 Å². The molecule has 0 aliphatic rings. The predicted molar refractivity (Wildman–Crippen MR) is 62.3 cm³/mol. The molecule has 3 nitrogen and oxygen atoms in total. The quantitative estimate of drug-likeness (QED) is 0.665. The van der Waals surface area contributed by atoms with E-state index in [-0.39, 0.29) is 5.75 Å². The van der Waals surface area contributed by atoms with Crippen LogP contribution >= 0.6 is 15.9 Å². The van der Waals surface area contributed by atoms with Crippen LogP contribution < -0.4 is 4.74 Å². The van der Waals surface area contributed by atoms with Gasteiger partial charge >= 0.3 is 6.18 Å². The standard InChI is InChI=1S/C11H12BrF3O3/c1-7(16)9-3-2-8(12)4-10(9)18-6-17-5-11(13,14)15/h2-4,7,16H,5-6H2,1H3/t7-/m1/s1. The number of hydrogen-bond acceptors (Lipinski definition) is 3. The van der Waals surface area contributed by atoms with Crippen LogP contribution in [0.15, 0.2) is 22.7 Å². The van der Waals surface area contributed by atoms with Crippen molar-refractivity contribution in [2.24, 2.45) is 0 Å². The Labute approximate surface area is 111 Å². The summed E-state index contributed by atoms with van der Waals surface area (Å²) in [4.78, 5) is 0. The van der Waals surface area contributed by atoms with Crippen molar-refractivity contribution in [3.63, 3.8) is 0 Å². The molecule has 0 saturated carbocycles. The second-order valence-corrected chi connectivity index (χ2v) is 4.50. The van der Waals surface area contributed by atoms with Gasteiger partial charge in [0, 0.05) is 10.0 Å². The third-order valence-corrected chi connectivity index (χ3v) is 2.48. The average molecular weight is 329 g/mol. The number of aliphatic hydroxyl groups is 1. The smallest absolute Gasteiger partial charge is 0.411 e. The highest BCUT2D eigenvalue weighted by molar-refractivity contribution is 9.10. The van der Waals surface area contributed by atoms with Crippen LogP contribution in [0.25, 0.3) is 0 Å². The molecule has 0 fully saturated rings. The van der Waals surface area contributed by atoms with Crippen LogP contribution in [0.5, 0.6) is 5.75 Å². The predicted octanol–water partition coefficient (Wildman–Crippen LogP) is 3.42. The van der Waals surface area contributed by atoms with Crippen molar-refractivity contribution in [1.29, 1.82) is 0 Å². The molecule has 0 heterocycles. The Bertz CT molecular complexity index is 394. The molecule has 0 amide bonds. The van der Waals surface area contributed by atoms with Crippen LogP contribution in [0.3, 0.4) is 0 Å². The summed E-state index contributed by atoms with van der Waals surface area (Å²) >= 11 is 3.20. The summed E-state index contributed by atoms with van der Waals surface area (Å²) in [5, 5.41) is 9.47. The normalized spacial score (nSPS) is 13.4. The molecule has 0 aliphatic heterocycles. The van der Waals surface area contributed by atoms with Gasteiger partial charge in [-0.3, -0.25) is 0 Å². The van der Waals surface area contributed by atoms with Gasteiger partial charge in [-0.05, 0) is 19.1 Å². The Balaban J connectivity index is 2.58. The minimum Gasteiger partial charge on any atom is -0.467 e. The molecule has 18 heavy (non-hydrogen) atoms. The number of rotatable bonds is 5. The molecule has 1 atom stereocenters. The fourth-order valence-electron chi connectivity index (χ4n) is 1.24. The van der Waals surface area contributed by atoms with E-state index in [1.54, 1.807) is 18.2 Å². The largest absolute Gasteiger partial charge is 0.467 e. The van der Waals surface area contributed by atoms with E-state index in [0.717, 1.165) is 0 Å². The first-order valence-electron chi connectivity index (χ1n) is 5.04. The average Bonchev–Trinajstić information content (AvgIpc) is 2.22. The van der Waals surface area contributed by atoms with Gasteiger partial charge in [-0.25, -0.2) is 0 Å². The zero-order valence-corrected chi connectivity index (χ0v) is 11.1. The lowest BCUT2D eigenvalue weighted by Crippen LogP contribution is -2.19. The second-order valence-electron chi connectivity index (χ2n) is 3.58. The minimum atomic E-state index is -4.38. The number of benzene rings is 1. The number of alkyl halides is 3. The summed E-state index contributed by atoms with van der Waals surface area (Å²) in [5.74, 6) is 0.279. The van der Waals surface area contributed by atoms with E-state index in [1.165, 1.54) is 6.92 Å². The summed E-state index contributed by atoms with van der Waals surface area (Å²) in [5.41, 5.74) is 0.480. The van der Waals surface area contributed by atoms with Gasteiger partial charge in [0.25, 0.3) is 0 Å². The lowest BCUT2D eigenvalue weighted by atomic mass is 10.1. The topological polar surface area (TPSA) is 38.7 Å². The molecule has 0 saturated heterocycles. The lowest BCUT2D eigenvalue weighted by molar-refractivity contribution is -0.186. The highest BCUT2D eigenvalue weighted by Gasteiger charge is 2.27. The number of hydrogen-bond donors (Lipinski definition) is 1. The minimum absolute atomic E-state index is 0.279. The van der Waals surface area contributed by atoms with Crippen molar-refractivity contribution in [1.82, 2.24) is 0 Å². The Morgan fingerprint density at radius 2 is 2.06 bits per heavy atom. The molecule has 1 N–H and O–H groups in total. The fraction of sp³-hybridized carbons (Fsp3) is 0.455. The van der Waals surface area contributed by atoms with Crippen molar-refractivity contribution < 1.29 is 27.8 Å². The van der Waals surface area contributed by atoms with Crippen LogP contribution in [0, 0.1) is 0 Å². The highest BCUT2D eigenvalue weighted by atomic mass is 79.9. The molecule has 1 rings (SSSR count).